The standard InChI is InChI=1S/C28H34N2O3/c1-4-7-19-8-5-6-9-22(19)21-10-11-23-24(16-21)32-18-28(2,3)26(23)29-27(31)33-25-17-30-14-12-20(25)13-15-30/h4-6,8-11,16,20,25-26H,1,7,12-15,17-18H2,2-3H3,(H,29,31)/t25-,26?/m1/s1. The van der Waals surface area contributed by atoms with E-state index in [4.69, 9.17) is 9.47 Å². The van der Waals surface area contributed by atoms with Crippen LogP contribution in [0.3, 0.4) is 0 Å². The maximum atomic E-state index is 13.0. The van der Waals surface area contributed by atoms with E-state index in [1.54, 1.807) is 0 Å². The summed E-state index contributed by atoms with van der Waals surface area (Å²) in [6.45, 7) is 11.8. The molecule has 0 spiro atoms. The van der Waals surface area contributed by atoms with E-state index in [1.807, 2.05) is 6.08 Å². The first-order chi connectivity index (χ1) is 15.9. The van der Waals surface area contributed by atoms with Crippen molar-refractivity contribution in [2.24, 2.45) is 11.3 Å². The molecule has 2 atom stereocenters. The monoisotopic (exact) mass is 446 g/mol. The molecule has 2 bridgehead atoms. The van der Waals surface area contributed by atoms with Crippen LogP contribution < -0.4 is 10.1 Å². The number of hydrogen-bond donors (Lipinski definition) is 1. The summed E-state index contributed by atoms with van der Waals surface area (Å²) >= 11 is 0. The predicted octanol–water partition coefficient (Wildman–Crippen LogP) is 5.36. The van der Waals surface area contributed by atoms with Crippen LogP contribution in [0.2, 0.25) is 0 Å². The number of alkyl carbamates (subject to hydrolysis) is 1. The number of carbonyl (C=O) groups excluding carboxylic acids is 1. The number of nitrogens with one attached hydrogen (secondary N) is 1. The van der Waals surface area contributed by atoms with Crippen LogP contribution in [0.1, 0.15) is 43.9 Å². The second-order valence-electron chi connectivity index (χ2n) is 10.3. The second-order valence-corrected chi connectivity index (χ2v) is 10.3. The molecule has 0 radical (unpaired) electrons. The van der Waals surface area contributed by atoms with Crippen molar-refractivity contribution >= 4 is 6.09 Å². The number of nitrogens with zero attached hydrogens (tertiary/aromatic N) is 1. The molecule has 3 saturated heterocycles. The zero-order valence-corrected chi connectivity index (χ0v) is 19.7. The molecule has 5 heteroatoms. The van der Waals surface area contributed by atoms with Crippen LogP contribution in [0.15, 0.2) is 55.1 Å². The highest BCUT2D eigenvalue weighted by Gasteiger charge is 2.41. The Hall–Kier alpha value is -2.79. The molecule has 1 N–H and O–H groups in total. The molecule has 5 nitrogen and oxygen atoms in total. The number of fused-ring (bicyclic) bond motifs is 4. The van der Waals surface area contributed by atoms with Crippen LogP contribution in [0.4, 0.5) is 4.79 Å². The number of carbonyl (C=O) groups is 1. The topological polar surface area (TPSA) is 50.8 Å². The summed E-state index contributed by atoms with van der Waals surface area (Å²) in [6, 6.07) is 14.5. The third kappa shape index (κ3) is 4.39. The lowest BCUT2D eigenvalue weighted by molar-refractivity contribution is -0.0361. The summed E-state index contributed by atoms with van der Waals surface area (Å²) in [6.07, 6.45) is 4.67. The first-order valence-electron chi connectivity index (χ1n) is 12.1. The van der Waals surface area contributed by atoms with Gasteiger partial charge in [-0.25, -0.2) is 4.79 Å². The quantitative estimate of drug-likeness (QED) is 0.628. The minimum atomic E-state index is -0.319. The minimum Gasteiger partial charge on any atom is -0.493 e. The van der Waals surface area contributed by atoms with Gasteiger partial charge < -0.3 is 14.8 Å². The summed E-state index contributed by atoms with van der Waals surface area (Å²) in [5.74, 6) is 1.32. The molecule has 4 aliphatic heterocycles. The summed E-state index contributed by atoms with van der Waals surface area (Å²) in [5.41, 5.74) is 4.28. The van der Waals surface area contributed by atoms with Crippen molar-refractivity contribution in [3.63, 3.8) is 0 Å². The van der Waals surface area contributed by atoms with Crippen LogP contribution >= 0.6 is 0 Å². The van der Waals surface area contributed by atoms with Gasteiger partial charge in [-0.15, -0.1) is 6.58 Å². The molecule has 1 amide bonds. The lowest BCUT2D eigenvalue weighted by Crippen LogP contribution is -2.53. The van der Waals surface area contributed by atoms with E-state index < -0.39 is 0 Å². The molecule has 3 fully saturated rings. The third-order valence-electron chi connectivity index (χ3n) is 7.52. The van der Waals surface area contributed by atoms with Gasteiger partial charge in [0.2, 0.25) is 0 Å². The maximum absolute atomic E-state index is 13.0. The Morgan fingerprint density at radius 2 is 2.03 bits per heavy atom. The van der Waals surface area contributed by atoms with E-state index in [1.165, 1.54) is 11.1 Å². The molecule has 174 valence electrons. The van der Waals surface area contributed by atoms with E-state index >= 15 is 0 Å². The van der Waals surface area contributed by atoms with Gasteiger partial charge in [0.15, 0.2) is 0 Å². The van der Waals surface area contributed by atoms with Crippen LogP contribution in [0, 0.1) is 11.3 Å². The van der Waals surface area contributed by atoms with Crippen molar-refractivity contribution in [3.05, 3.63) is 66.2 Å². The summed E-state index contributed by atoms with van der Waals surface area (Å²) < 4.78 is 12.1. The normalized spacial score (nSPS) is 27.2. The SMILES string of the molecule is C=CCc1ccccc1-c1ccc2c(c1)OCC(C)(C)C2NC(=O)O[C@@H]1CN2CCC1CC2. The van der Waals surface area contributed by atoms with Crippen molar-refractivity contribution in [1.29, 1.82) is 0 Å². The van der Waals surface area contributed by atoms with Crippen LogP contribution in [-0.2, 0) is 11.2 Å². The van der Waals surface area contributed by atoms with E-state index in [2.05, 4.69) is 73.1 Å². The number of amides is 1. The zero-order chi connectivity index (χ0) is 23.0. The highest BCUT2D eigenvalue weighted by Crippen LogP contribution is 2.44. The van der Waals surface area contributed by atoms with Crippen molar-refractivity contribution in [1.82, 2.24) is 10.2 Å². The highest BCUT2D eigenvalue weighted by atomic mass is 16.6. The fraction of sp³-hybridized carbons (Fsp3) is 0.464. The minimum absolute atomic E-state index is 0.00124. The van der Waals surface area contributed by atoms with Gasteiger partial charge in [0.25, 0.3) is 0 Å². The average molecular weight is 447 g/mol. The highest BCUT2D eigenvalue weighted by molar-refractivity contribution is 5.72. The van der Waals surface area contributed by atoms with Crippen molar-refractivity contribution in [3.8, 4) is 16.9 Å². The summed E-state index contributed by atoms with van der Waals surface area (Å²) in [7, 11) is 0. The third-order valence-corrected chi connectivity index (χ3v) is 7.52. The van der Waals surface area contributed by atoms with Gasteiger partial charge >= 0.3 is 6.09 Å². The zero-order valence-electron chi connectivity index (χ0n) is 19.7. The number of allylic oxidation sites excluding steroid dienone is 1. The fourth-order valence-electron chi connectivity index (χ4n) is 5.58. The lowest BCUT2D eigenvalue weighted by Gasteiger charge is -2.44. The molecule has 4 aliphatic rings. The average Bonchev–Trinajstić information content (AvgIpc) is 2.82. The Morgan fingerprint density at radius 1 is 1.24 bits per heavy atom. The largest absolute Gasteiger partial charge is 0.493 e. The second kappa shape index (κ2) is 8.86. The summed E-state index contributed by atoms with van der Waals surface area (Å²) in [5, 5.41) is 3.19. The van der Waals surface area contributed by atoms with Gasteiger partial charge in [-0.05, 0) is 61.0 Å². The number of hydrogen-bond acceptors (Lipinski definition) is 4. The van der Waals surface area contributed by atoms with Gasteiger partial charge in [0.1, 0.15) is 11.9 Å². The number of ether oxygens (including phenoxy) is 2. The first kappa shape index (κ1) is 22.0. The molecule has 2 aromatic rings. The molecule has 4 heterocycles. The van der Waals surface area contributed by atoms with Crippen molar-refractivity contribution in [2.45, 2.75) is 45.3 Å². The van der Waals surface area contributed by atoms with Gasteiger partial charge in [-0.1, -0.05) is 56.3 Å². The van der Waals surface area contributed by atoms with Crippen molar-refractivity contribution in [2.75, 3.05) is 26.2 Å². The Morgan fingerprint density at radius 3 is 2.76 bits per heavy atom. The molecule has 2 aromatic carbocycles. The molecule has 33 heavy (non-hydrogen) atoms. The number of piperidine rings is 3. The smallest absolute Gasteiger partial charge is 0.407 e. The van der Waals surface area contributed by atoms with Gasteiger partial charge in [-0.3, -0.25) is 4.90 Å². The Labute approximate surface area is 196 Å². The fourth-order valence-corrected chi connectivity index (χ4v) is 5.58. The predicted molar refractivity (Wildman–Crippen MR) is 130 cm³/mol. The Bertz CT molecular complexity index is 1040. The molecular formula is C28H34N2O3. The van der Waals surface area contributed by atoms with Crippen LogP contribution in [0.5, 0.6) is 5.75 Å². The Kier molecular flexibility index (Phi) is 5.92. The first-order valence-corrected chi connectivity index (χ1v) is 12.1. The molecule has 0 aromatic heterocycles. The number of benzene rings is 2. The van der Waals surface area contributed by atoms with E-state index in [-0.39, 0.29) is 23.7 Å². The molecule has 6 rings (SSSR count). The van der Waals surface area contributed by atoms with E-state index in [0.29, 0.717) is 12.5 Å². The Balaban J connectivity index is 1.37. The maximum Gasteiger partial charge on any atom is 0.407 e. The number of rotatable bonds is 5. The van der Waals surface area contributed by atoms with Crippen molar-refractivity contribution < 1.29 is 14.3 Å². The molecule has 1 unspecified atom stereocenters. The van der Waals surface area contributed by atoms with E-state index in [0.717, 1.165) is 55.8 Å². The van der Waals surface area contributed by atoms with Gasteiger partial charge in [0, 0.05) is 17.5 Å². The molecule has 0 aliphatic carbocycles. The van der Waals surface area contributed by atoms with Crippen LogP contribution in [0.25, 0.3) is 11.1 Å². The van der Waals surface area contributed by atoms with Gasteiger partial charge in [-0.2, -0.15) is 0 Å². The molecular weight excluding hydrogens is 412 g/mol. The lowest BCUT2D eigenvalue weighted by atomic mass is 9.78. The molecule has 0 saturated carbocycles. The van der Waals surface area contributed by atoms with E-state index in [9.17, 15) is 4.79 Å². The summed E-state index contributed by atoms with van der Waals surface area (Å²) in [4.78, 5) is 15.4. The van der Waals surface area contributed by atoms with Crippen LogP contribution in [-0.4, -0.2) is 43.3 Å². The van der Waals surface area contributed by atoms with Gasteiger partial charge in [0.05, 0.1) is 12.6 Å².